The molecule has 0 unspecified atom stereocenters. The molecule has 0 fully saturated rings. The van der Waals surface area contributed by atoms with E-state index in [0.29, 0.717) is 18.1 Å². The summed E-state index contributed by atoms with van der Waals surface area (Å²) in [5, 5.41) is 16.0. The number of ether oxygens (including phenoxy) is 1. The van der Waals surface area contributed by atoms with E-state index in [-0.39, 0.29) is 5.69 Å². The second kappa shape index (κ2) is 4.91. The lowest BCUT2D eigenvalue weighted by atomic mass is 10.3. The molecule has 2 heterocycles. The molecule has 0 bridgehead atoms. The average Bonchev–Trinajstić information content (AvgIpc) is 2.72. The van der Waals surface area contributed by atoms with Crippen molar-refractivity contribution in [2.45, 2.75) is 20.8 Å². The normalized spacial score (nSPS) is 10.4. The molecule has 0 saturated heterocycles. The van der Waals surface area contributed by atoms with Gasteiger partial charge >= 0.3 is 5.97 Å². The van der Waals surface area contributed by atoms with Gasteiger partial charge in [-0.1, -0.05) is 0 Å². The van der Waals surface area contributed by atoms with Gasteiger partial charge in [-0.15, -0.1) is 15.0 Å². The molecule has 0 amide bonds. The van der Waals surface area contributed by atoms with E-state index in [1.807, 2.05) is 6.92 Å². The van der Waals surface area contributed by atoms with Crippen molar-refractivity contribution in [3.05, 3.63) is 29.2 Å². The molecule has 7 nitrogen and oxygen atoms in total. The van der Waals surface area contributed by atoms with E-state index in [0.717, 1.165) is 5.69 Å². The molecule has 2 rings (SSSR count). The van der Waals surface area contributed by atoms with Crippen molar-refractivity contribution >= 4 is 5.97 Å². The third-order valence-electron chi connectivity index (χ3n) is 2.24. The fraction of sp³-hybridized carbons (Fsp3) is 0.364. The first kappa shape index (κ1) is 12.2. The van der Waals surface area contributed by atoms with Crippen LogP contribution in [0.25, 0.3) is 5.82 Å². The van der Waals surface area contributed by atoms with Crippen LogP contribution in [0.5, 0.6) is 0 Å². The van der Waals surface area contributed by atoms with E-state index in [9.17, 15) is 4.79 Å². The summed E-state index contributed by atoms with van der Waals surface area (Å²) in [7, 11) is 0. The van der Waals surface area contributed by atoms with Crippen LogP contribution in [-0.4, -0.2) is 37.8 Å². The Morgan fingerprint density at radius 1 is 1.28 bits per heavy atom. The average molecular weight is 247 g/mol. The molecule has 18 heavy (non-hydrogen) atoms. The van der Waals surface area contributed by atoms with Gasteiger partial charge in [-0.2, -0.15) is 10.2 Å². The summed E-state index contributed by atoms with van der Waals surface area (Å²) in [5.74, 6) is -0.0273. The van der Waals surface area contributed by atoms with Crippen LogP contribution in [0.4, 0.5) is 0 Å². The second-order valence-corrected chi connectivity index (χ2v) is 3.68. The predicted octanol–water partition coefficient (Wildman–Crippen LogP) is 0.851. The highest BCUT2D eigenvalue weighted by Crippen LogP contribution is 2.07. The SMILES string of the molecule is CCOC(=O)c1nn(-c2ccc(C)nn2)nc1C. The topological polar surface area (TPSA) is 82.8 Å². The maximum absolute atomic E-state index is 11.6. The Balaban J connectivity index is 2.34. The molecular formula is C11H13N5O2. The lowest BCUT2D eigenvalue weighted by Gasteiger charge is -1.97. The molecular weight excluding hydrogens is 234 g/mol. The van der Waals surface area contributed by atoms with Gasteiger partial charge in [0.15, 0.2) is 11.5 Å². The monoisotopic (exact) mass is 247 g/mol. The van der Waals surface area contributed by atoms with Crippen molar-refractivity contribution in [3.63, 3.8) is 0 Å². The number of rotatable bonds is 3. The molecule has 0 aromatic carbocycles. The predicted molar refractivity (Wildman–Crippen MR) is 62.4 cm³/mol. The Morgan fingerprint density at radius 2 is 2.06 bits per heavy atom. The van der Waals surface area contributed by atoms with Crippen molar-refractivity contribution < 1.29 is 9.53 Å². The number of nitrogens with zero attached hydrogens (tertiary/aromatic N) is 5. The van der Waals surface area contributed by atoms with Crippen molar-refractivity contribution in [1.29, 1.82) is 0 Å². The van der Waals surface area contributed by atoms with Crippen LogP contribution in [0.15, 0.2) is 12.1 Å². The zero-order chi connectivity index (χ0) is 13.1. The first-order valence-corrected chi connectivity index (χ1v) is 5.53. The van der Waals surface area contributed by atoms with Gasteiger partial charge in [0.1, 0.15) is 0 Å². The number of esters is 1. The van der Waals surface area contributed by atoms with E-state index in [1.54, 1.807) is 26.0 Å². The molecule has 2 aromatic heterocycles. The molecule has 0 spiro atoms. The molecule has 0 atom stereocenters. The summed E-state index contributed by atoms with van der Waals surface area (Å²) < 4.78 is 4.89. The first-order chi connectivity index (χ1) is 8.61. The van der Waals surface area contributed by atoms with Crippen molar-refractivity contribution in [2.24, 2.45) is 0 Å². The van der Waals surface area contributed by atoms with E-state index in [2.05, 4.69) is 20.4 Å². The van der Waals surface area contributed by atoms with Crippen LogP contribution in [-0.2, 0) is 4.74 Å². The maximum atomic E-state index is 11.6. The zero-order valence-electron chi connectivity index (χ0n) is 10.4. The van der Waals surface area contributed by atoms with Crippen molar-refractivity contribution in [1.82, 2.24) is 25.2 Å². The lowest BCUT2D eigenvalue weighted by molar-refractivity contribution is 0.0518. The van der Waals surface area contributed by atoms with E-state index in [1.165, 1.54) is 4.80 Å². The summed E-state index contributed by atoms with van der Waals surface area (Å²) in [6, 6.07) is 3.53. The molecule has 94 valence electrons. The van der Waals surface area contributed by atoms with Gasteiger partial charge in [0.25, 0.3) is 0 Å². The first-order valence-electron chi connectivity index (χ1n) is 5.53. The molecule has 0 radical (unpaired) electrons. The Kier molecular flexibility index (Phi) is 3.31. The zero-order valence-corrected chi connectivity index (χ0v) is 10.4. The molecule has 0 aliphatic heterocycles. The Hall–Kier alpha value is -2.31. The van der Waals surface area contributed by atoms with Crippen LogP contribution in [0.2, 0.25) is 0 Å². The lowest BCUT2D eigenvalue weighted by Crippen LogP contribution is -2.08. The Labute approximate surface area is 104 Å². The van der Waals surface area contributed by atoms with E-state index in [4.69, 9.17) is 4.74 Å². The van der Waals surface area contributed by atoms with Gasteiger partial charge in [-0.05, 0) is 32.9 Å². The number of hydrogen-bond donors (Lipinski definition) is 0. The molecule has 0 saturated carbocycles. The summed E-state index contributed by atoms with van der Waals surface area (Å²) in [6.45, 7) is 5.57. The van der Waals surface area contributed by atoms with Crippen LogP contribution in [0, 0.1) is 13.8 Å². The summed E-state index contributed by atoms with van der Waals surface area (Å²) in [6.07, 6.45) is 0. The maximum Gasteiger partial charge on any atom is 0.360 e. The van der Waals surface area contributed by atoms with Gasteiger partial charge in [-0.3, -0.25) is 0 Å². The fourth-order valence-electron chi connectivity index (χ4n) is 1.37. The highest BCUT2D eigenvalue weighted by Gasteiger charge is 2.17. The molecule has 2 aromatic rings. The summed E-state index contributed by atoms with van der Waals surface area (Å²) in [5.41, 5.74) is 1.49. The van der Waals surface area contributed by atoms with Crippen molar-refractivity contribution in [2.75, 3.05) is 6.61 Å². The smallest absolute Gasteiger partial charge is 0.360 e. The van der Waals surface area contributed by atoms with Crippen LogP contribution in [0.1, 0.15) is 28.8 Å². The van der Waals surface area contributed by atoms with E-state index < -0.39 is 5.97 Å². The minimum absolute atomic E-state index is 0.194. The molecule has 7 heteroatoms. The van der Waals surface area contributed by atoms with Crippen LogP contribution in [0.3, 0.4) is 0 Å². The quantitative estimate of drug-likeness (QED) is 0.748. The minimum Gasteiger partial charge on any atom is -0.461 e. The van der Waals surface area contributed by atoms with Crippen LogP contribution < -0.4 is 0 Å². The molecule has 0 aliphatic carbocycles. The second-order valence-electron chi connectivity index (χ2n) is 3.68. The number of carbonyl (C=O) groups excluding carboxylic acids is 1. The minimum atomic E-state index is -0.485. The van der Waals surface area contributed by atoms with Gasteiger partial charge in [0.05, 0.1) is 18.0 Å². The number of aryl methyl sites for hydroxylation is 2. The summed E-state index contributed by atoms with van der Waals surface area (Å²) >= 11 is 0. The van der Waals surface area contributed by atoms with Gasteiger partial charge in [-0.25, -0.2) is 4.79 Å². The van der Waals surface area contributed by atoms with Gasteiger partial charge < -0.3 is 4.74 Å². The third kappa shape index (κ3) is 2.34. The van der Waals surface area contributed by atoms with Gasteiger partial charge in [0.2, 0.25) is 0 Å². The number of aromatic nitrogens is 5. The van der Waals surface area contributed by atoms with Crippen LogP contribution >= 0.6 is 0 Å². The van der Waals surface area contributed by atoms with E-state index >= 15 is 0 Å². The number of carbonyl (C=O) groups is 1. The highest BCUT2D eigenvalue weighted by molar-refractivity contribution is 5.88. The Morgan fingerprint density at radius 3 is 2.67 bits per heavy atom. The molecule has 0 N–H and O–H groups in total. The number of hydrogen-bond acceptors (Lipinski definition) is 6. The van der Waals surface area contributed by atoms with Crippen molar-refractivity contribution in [3.8, 4) is 5.82 Å². The highest BCUT2D eigenvalue weighted by atomic mass is 16.5. The third-order valence-corrected chi connectivity index (χ3v) is 2.24. The van der Waals surface area contributed by atoms with Gasteiger partial charge in [0, 0.05) is 0 Å². The standard InChI is InChI=1S/C11H13N5O2/c1-4-18-11(17)10-8(3)14-16(15-10)9-6-5-7(2)12-13-9/h5-6H,4H2,1-3H3. The molecule has 0 aliphatic rings. The summed E-state index contributed by atoms with van der Waals surface area (Å²) in [4.78, 5) is 12.9. The Bertz CT molecular complexity index is 561. The largest absolute Gasteiger partial charge is 0.461 e. The fourth-order valence-corrected chi connectivity index (χ4v) is 1.37.